The van der Waals surface area contributed by atoms with Gasteiger partial charge in [0, 0.05) is 28.4 Å². The summed E-state index contributed by atoms with van der Waals surface area (Å²) in [7, 11) is 0. The molecule has 5 nitrogen and oxygen atoms in total. The predicted octanol–water partition coefficient (Wildman–Crippen LogP) is 6.05. The van der Waals surface area contributed by atoms with Crippen LogP contribution in [0.25, 0.3) is 22.2 Å². The average molecular weight is 420 g/mol. The minimum absolute atomic E-state index is 0.145. The number of nitrogens with one attached hydrogen (secondary N) is 1. The molecule has 0 aliphatic carbocycles. The van der Waals surface area contributed by atoms with Gasteiger partial charge in [-0.05, 0) is 51.5 Å². The number of rotatable bonds is 6. The molecular formula is C24H25N3O2S. The molecule has 0 unspecified atom stereocenters. The van der Waals surface area contributed by atoms with Gasteiger partial charge in [-0.3, -0.25) is 10.1 Å². The van der Waals surface area contributed by atoms with Crippen molar-refractivity contribution in [2.45, 2.75) is 34.2 Å². The molecular weight excluding hydrogens is 394 g/mol. The first kappa shape index (κ1) is 20.2. The molecule has 2 aromatic heterocycles. The average Bonchev–Trinajstić information content (AvgIpc) is 3.31. The van der Waals surface area contributed by atoms with Gasteiger partial charge in [-0.2, -0.15) is 0 Å². The summed E-state index contributed by atoms with van der Waals surface area (Å²) >= 11 is 1.43. The van der Waals surface area contributed by atoms with E-state index < -0.39 is 0 Å². The monoisotopic (exact) mass is 419 g/mol. The van der Waals surface area contributed by atoms with Crippen LogP contribution in [-0.4, -0.2) is 22.1 Å². The number of fused-ring (bicyclic) bond motifs is 1. The number of aromatic nitrogens is 2. The molecule has 0 bridgehead atoms. The molecule has 0 aliphatic rings. The lowest BCUT2D eigenvalue weighted by Gasteiger charge is -2.08. The van der Waals surface area contributed by atoms with E-state index in [1.165, 1.54) is 16.9 Å². The molecule has 1 amide bonds. The summed E-state index contributed by atoms with van der Waals surface area (Å²) in [5, 5.41) is 6.59. The van der Waals surface area contributed by atoms with Crippen LogP contribution in [-0.2, 0) is 6.54 Å². The molecule has 2 aromatic carbocycles. The number of benzene rings is 2. The lowest BCUT2D eigenvalue weighted by Crippen LogP contribution is -2.17. The lowest BCUT2D eigenvalue weighted by molar-refractivity contribution is 0.101. The maximum Gasteiger partial charge on any atom is 0.274 e. The highest BCUT2D eigenvalue weighted by Gasteiger charge is 2.21. The fourth-order valence-electron chi connectivity index (χ4n) is 3.72. The van der Waals surface area contributed by atoms with E-state index in [2.05, 4.69) is 29.4 Å². The minimum atomic E-state index is -0.145. The number of hydrogen-bond donors (Lipinski definition) is 1. The van der Waals surface area contributed by atoms with Crippen molar-refractivity contribution in [1.29, 1.82) is 0 Å². The van der Waals surface area contributed by atoms with E-state index >= 15 is 0 Å². The Morgan fingerprint density at radius 1 is 1.13 bits per heavy atom. The Kier molecular flexibility index (Phi) is 5.59. The van der Waals surface area contributed by atoms with E-state index in [-0.39, 0.29) is 5.91 Å². The van der Waals surface area contributed by atoms with Crippen molar-refractivity contribution < 1.29 is 9.53 Å². The molecule has 4 rings (SSSR count). The number of carbonyl (C=O) groups is 1. The van der Waals surface area contributed by atoms with Crippen molar-refractivity contribution in [2.75, 3.05) is 11.9 Å². The predicted molar refractivity (Wildman–Crippen MR) is 124 cm³/mol. The normalized spacial score (nSPS) is 11.1. The van der Waals surface area contributed by atoms with E-state index in [1.807, 2.05) is 61.1 Å². The zero-order valence-corrected chi connectivity index (χ0v) is 18.5. The molecule has 6 heteroatoms. The molecule has 4 aromatic rings. The number of thiazole rings is 1. The first-order valence-corrected chi connectivity index (χ1v) is 11.0. The number of ether oxygens (including phenoxy) is 1. The van der Waals surface area contributed by atoms with Crippen LogP contribution in [0.3, 0.4) is 0 Å². The third-order valence-electron chi connectivity index (χ3n) is 5.20. The van der Waals surface area contributed by atoms with E-state index in [4.69, 9.17) is 4.74 Å². The van der Waals surface area contributed by atoms with Crippen LogP contribution in [0.1, 0.15) is 35.5 Å². The largest absolute Gasteiger partial charge is 0.494 e. The van der Waals surface area contributed by atoms with E-state index in [0.29, 0.717) is 24.0 Å². The number of anilines is 1. The standard InChI is InChI=1S/C24H25N3O2S/c1-5-27-21-12-11-18(29-6-2)13-19(21)16(4)22(27)23(28)26-24-25-20(14-30-24)17-9-7-15(3)8-10-17/h7-14H,5-6H2,1-4H3,(H,25,26,28). The number of amides is 1. The molecule has 30 heavy (non-hydrogen) atoms. The van der Waals surface area contributed by atoms with Gasteiger partial charge >= 0.3 is 0 Å². The third-order valence-corrected chi connectivity index (χ3v) is 5.96. The van der Waals surface area contributed by atoms with E-state index in [9.17, 15) is 4.79 Å². The number of carbonyl (C=O) groups excluding carboxylic acids is 1. The van der Waals surface area contributed by atoms with Crippen molar-refractivity contribution >= 4 is 33.3 Å². The highest BCUT2D eigenvalue weighted by molar-refractivity contribution is 7.14. The van der Waals surface area contributed by atoms with Gasteiger partial charge in [0.25, 0.3) is 5.91 Å². The minimum Gasteiger partial charge on any atom is -0.494 e. The Balaban J connectivity index is 1.65. The Morgan fingerprint density at radius 2 is 1.90 bits per heavy atom. The van der Waals surface area contributed by atoms with Crippen LogP contribution in [0.4, 0.5) is 5.13 Å². The van der Waals surface area contributed by atoms with Gasteiger partial charge in [0.05, 0.1) is 12.3 Å². The molecule has 154 valence electrons. The van der Waals surface area contributed by atoms with Gasteiger partial charge in [0.1, 0.15) is 11.4 Å². The van der Waals surface area contributed by atoms with Crippen LogP contribution < -0.4 is 10.1 Å². The number of aryl methyl sites for hydroxylation is 3. The van der Waals surface area contributed by atoms with Crippen molar-refractivity contribution in [1.82, 2.24) is 9.55 Å². The van der Waals surface area contributed by atoms with Crippen LogP contribution in [0.2, 0.25) is 0 Å². The smallest absolute Gasteiger partial charge is 0.274 e. The Labute approximate surface area is 180 Å². The molecule has 0 fully saturated rings. The summed E-state index contributed by atoms with van der Waals surface area (Å²) in [5.41, 5.74) is 5.75. The van der Waals surface area contributed by atoms with Crippen molar-refractivity contribution in [3.63, 3.8) is 0 Å². The second kappa shape index (κ2) is 8.32. The summed E-state index contributed by atoms with van der Waals surface area (Å²) in [4.78, 5) is 17.8. The van der Waals surface area contributed by atoms with Crippen molar-refractivity contribution in [3.05, 3.63) is 64.7 Å². The van der Waals surface area contributed by atoms with Crippen LogP contribution in [0, 0.1) is 13.8 Å². The van der Waals surface area contributed by atoms with Crippen molar-refractivity contribution in [3.8, 4) is 17.0 Å². The molecule has 0 radical (unpaired) electrons. The number of nitrogens with zero attached hydrogens (tertiary/aromatic N) is 2. The first-order valence-electron chi connectivity index (χ1n) is 10.1. The van der Waals surface area contributed by atoms with Gasteiger partial charge < -0.3 is 9.30 Å². The van der Waals surface area contributed by atoms with Crippen LogP contribution in [0.15, 0.2) is 47.8 Å². The number of hydrogen-bond acceptors (Lipinski definition) is 4. The SMILES string of the molecule is CCOc1ccc2c(c1)c(C)c(C(=O)Nc1nc(-c3ccc(C)cc3)cs1)n2CC. The zero-order chi connectivity index (χ0) is 21.3. The maximum absolute atomic E-state index is 13.2. The quantitative estimate of drug-likeness (QED) is 0.414. The van der Waals surface area contributed by atoms with Gasteiger partial charge in [0.2, 0.25) is 0 Å². The van der Waals surface area contributed by atoms with E-state index in [0.717, 1.165) is 33.5 Å². The Morgan fingerprint density at radius 3 is 2.60 bits per heavy atom. The topological polar surface area (TPSA) is 56.1 Å². The van der Waals surface area contributed by atoms with Gasteiger partial charge in [-0.25, -0.2) is 4.98 Å². The molecule has 0 saturated heterocycles. The molecule has 2 heterocycles. The fourth-order valence-corrected chi connectivity index (χ4v) is 4.44. The highest BCUT2D eigenvalue weighted by Crippen LogP contribution is 2.31. The van der Waals surface area contributed by atoms with E-state index in [1.54, 1.807) is 0 Å². The zero-order valence-electron chi connectivity index (χ0n) is 17.7. The van der Waals surface area contributed by atoms with Gasteiger partial charge in [-0.1, -0.05) is 29.8 Å². The lowest BCUT2D eigenvalue weighted by atomic mass is 10.1. The molecule has 0 spiro atoms. The second-order valence-electron chi connectivity index (χ2n) is 7.19. The maximum atomic E-state index is 13.2. The first-order chi connectivity index (χ1) is 14.5. The van der Waals surface area contributed by atoms with Crippen LogP contribution in [0.5, 0.6) is 5.75 Å². The summed E-state index contributed by atoms with van der Waals surface area (Å²) in [6.07, 6.45) is 0. The Hall–Kier alpha value is -3.12. The molecule has 0 aliphatic heterocycles. The Bertz CT molecular complexity index is 1210. The van der Waals surface area contributed by atoms with Gasteiger partial charge in [0.15, 0.2) is 5.13 Å². The summed E-state index contributed by atoms with van der Waals surface area (Å²) in [6, 6.07) is 14.2. The molecule has 0 saturated carbocycles. The highest BCUT2D eigenvalue weighted by atomic mass is 32.1. The summed E-state index contributed by atoms with van der Waals surface area (Å²) in [6.45, 7) is 9.37. The fraction of sp³-hybridized carbons (Fsp3) is 0.250. The second-order valence-corrected chi connectivity index (χ2v) is 8.05. The van der Waals surface area contributed by atoms with Gasteiger partial charge in [-0.15, -0.1) is 11.3 Å². The molecule has 0 atom stereocenters. The third kappa shape index (κ3) is 3.71. The van der Waals surface area contributed by atoms with Crippen molar-refractivity contribution in [2.24, 2.45) is 0 Å². The van der Waals surface area contributed by atoms with Crippen LogP contribution >= 0.6 is 11.3 Å². The summed E-state index contributed by atoms with van der Waals surface area (Å²) < 4.78 is 7.69. The molecule has 1 N–H and O–H groups in total. The summed E-state index contributed by atoms with van der Waals surface area (Å²) in [5.74, 6) is 0.671.